The van der Waals surface area contributed by atoms with Crippen molar-refractivity contribution >= 4 is 74.8 Å². The number of halogens is 4. The highest BCUT2D eigenvalue weighted by Gasteiger charge is 2.33. The molecule has 1 N–H and O–H groups in total. The molecule has 0 bridgehead atoms. The first kappa shape index (κ1) is 55.3. The van der Waals surface area contributed by atoms with Crippen LogP contribution in [0, 0.1) is 29.9 Å². The second-order valence-corrected chi connectivity index (χ2v) is 20.9. The first-order chi connectivity index (χ1) is 38.8. The zero-order valence-corrected chi connectivity index (χ0v) is 46.3. The molecule has 0 radical (unpaired) electrons. The lowest BCUT2D eigenvalue weighted by Crippen LogP contribution is -2.54. The average molecular weight is 1130 g/mol. The van der Waals surface area contributed by atoms with Crippen molar-refractivity contribution in [2.75, 3.05) is 56.2 Å². The van der Waals surface area contributed by atoms with Gasteiger partial charge in [-0.2, -0.15) is 15.2 Å². The number of carbonyl (C=O) groups is 2. The van der Waals surface area contributed by atoms with Gasteiger partial charge in [0.1, 0.15) is 40.8 Å². The van der Waals surface area contributed by atoms with E-state index in [9.17, 15) is 29.5 Å². The van der Waals surface area contributed by atoms with E-state index in [1.54, 1.807) is 40.3 Å². The summed E-state index contributed by atoms with van der Waals surface area (Å²) in [5.74, 6) is -1.74. The lowest BCUT2D eigenvalue weighted by molar-refractivity contribution is -0.127. The summed E-state index contributed by atoms with van der Waals surface area (Å²) in [5, 5.41) is 22.2. The van der Waals surface area contributed by atoms with Crippen LogP contribution in [0.4, 0.5) is 20.4 Å². The van der Waals surface area contributed by atoms with Crippen LogP contribution in [-0.4, -0.2) is 119 Å². The van der Waals surface area contributed by atoms with Crippen molar-refractivity contribution in [2.45, 2.75) is 52.6 Å². The van der Waals surface area contributed by atoms with Crippen molar-refractivity contribution in [1.82, 2.24) is 43.9 Å². The third-order valence-corrected chi connectivity index (χ3v) is 15.2. The number of fused-ring (bicyclic) bond motifs is 2. The van der Waals surface area contributed by atoms with Crippen LogP contribution in [0.5, 0.6) is 11.5 Å². The van der Waals surface area contributed by atoms with E-state index in [1.165, 1.54) is 72.4 Å². The Bertz CT molecular complexity index is 4110. The van der Waals surface area contributed by atoms with E-state index in [4.69, 9.17) is 37.9 Å². The number of benzene rings is 3. The van der Waals surface area contributed by atoms with Crippen LogP contribution >= 0.6 is 23.2 Å². The molecule has 10 rings (SSSR count). The van der Waals surface area contributed by atoms with E-state index in [2.05, 4.69) is 27.6 Å². The molecular weight excluding hydrogens is 1080 g/mol. The molecule has 2 atom stereocenters. The Balaban J connectivity index is 0.967. The summed E-state index contributed by atoms with van der Waals surface area (Å²) in [6.45, 7) is 14.6. The van der Waals surface area contributed by atoms with Crippen molar-refractivity contribution in [3.8, 4) is 51.5 Å². The van der Waals surface area contributed by atoms with Crippen LogP contribution in [0.3, 0.4) is 0 Å². The van der Waals surface area contributed by atoms with Crippen LogP contribution in [0.15, 0.2) is 107 Å². The molecule has 5 aromatic heterocycles. The maximum atomic E-state index is 15.6. The van der Waals surface area contributed by atoms with Gasteiger partial charge in [0.05, 0.1) is 67.5 Å². The number of ether oxygens (including phenoxy) is 1. The van der Waals surface area contributed by atoms with Gasteiger partial charge in [0.25, 0.3) is 0 Å². The third kappa shape index (κ3) is 10.2. The first-order valence-corrected chi connectivity index (χ1v) is 26.6. The average Bonchev–Trinajstić information content (AvgIpc) is 3.48. The maximum Gasteiger partial charge on any atom is 0.355 e. The Morgan fingerprint density at radius 3 is 2.02 bits per heavy atom. The molecule has 2 aliphatic heterocycles. The summed E-state index contributed by atoms with van der Waals surface area (Å²) in [7, 11) is 1.46. The molecule has 0 aliphatic carbocycles. The van der Waals surface area contributed by atoms with Crippen molar-refractivity contribution < 1.29 is 28.2 Å². The molecule has 3 aromatic carbocycles. The monoisotopic (exact) mass is 1130 g/mol. The van der Waals surface area contributed by atoms with Gasteiger partial charge in [-0.3, -0.25) is 14.6 Å². The minimum atomic E-state index is -0.836. The minimum Gasteiger partial charge on any atom is -0.507 e. The van der Waals surface area contributed by atoms with Gasteiger partial charge in [0.15, 0.2) is 11.3 Å². The predicted molar refractivity (Wildman–Crippen MR) is 307 cm³/mol. The van der Waals surface area contributed by atoms with Crippen LogP contribution in [-0.2, 0) is 9.59 Å². The number of methoxy groups -OCH3 is 1. The summed E-state index contributed by atoms with van der Waals surface area (Å²) in [4.78, 5) is 86.0. The molecule has 2 saturated heterocycles. The van der Waals surface area contributed by atoms with Crippen LogP contribution in [0.1, 0.15) is 56.0 Å². The Morgan fingerprint density at radius 2 is 1.42 bits per heavy atom. The highest BCUT2D eigenvalue weighted by Crippen LogP contribution is 2.40. The van der Waals surface area contributed by atoms with Gasteiger partial charge in [0.2, 0.25) is 11.8 Å². The number of aryl methyl sites for hydroxylation is 1. The summed E-state index contributed by atoms with van der Waals surface area (Å²) in [5.41, 5.74) is 0.664. The number of nitriles is 1. The number of hydrogen-bond acceptors (Lipinski definition) is 14. The number of anilines is 2. The van der Waals surface area contributed by atoms with Gasteiger partial charge in [0, 0.05) is 69.2 Å². The van der Waals surface area contributed by atoms with Gasteiger partial charge in [-0.1, -0.05) is 55.8 Å². The van der Waals surface area contributed by atoms with Crippen LogP contribution in [0.25, 0.3) is 62.0 Å². The van der Waals surface area contributed by atoms with Crippen molar-refractivity contribution in [3.63, 3.8) is 0 Å². The zero-order valence-electron chi connectivity index (χ0n) is 44.8. The van der Waals surface area contributed by atoms with Gasteiger partial charge in [-0.05, 0) is 111 Å². The van der Waals surface area contributed by atoms with E-state index in [0.717, 1.165) is 16.2 Å². The Kier molecular flexibility index (Phi) is 15.2. The molecule has 2 aliphatic rings. The predicted octanol–water partition coefficient (Wildman–Crippen LogP) is 9.18. The Morgan fingerprint density at radius 1 is 0.802 bits per heavy atom. The fraction of sp³-hybridized carbons (Fsp3) is 0.254. The molecule has 0 spiro atoms. The number of aromatic hydroxyl groups is 1. The molecule has 412 valence electrons. The third-order valence-electron chi connectivity index (χ3n) is 14.6. The summed E-state index contributed by atoms with van der Waals surface area (Å²) < 4.78 is 39.0. The molecule has 0 unspecified atom stereocenters. The summed E-state index contributed by atoms with van der Waals surface area (Å²) >= 11 is 13.8. The zero-order chi connectivity index (χ0) is 57.7. The van der Waals surface area contributed by atoms with Crippen molar-refractivity contribution in [2.24, 2.45) is 0 Å². The highest BCUT2D eigenvalue weighted by molar-refractivity contribution is 6.34. The molecule has 8 aromatic rings. The number of amides is 2. The molecule has 18 nitrogen and oxygen atoms in total. The van der Waals surface area contributed by atoms with E-state index in [1.807, 2.05) is 44.4 Å². The van der Waals surface area contributed by atoms with Crippen molar-refractivity contribution in [3.05, 3.63) is 163 Å². The number of aromatic nitrogens is 7. The summed E-state index contributed by atoms with van der Waals surface area (Å²) in [6.07, 6.45) is 5.82. The number of hydrogen-bond donors (Lipinski definition) is 1. The second kappa shape index (κ2) is 22.2. The quantitative estimate of drug-likeness (QED) is 0.120. The van der Waals surface area contributed by atoms with Crippen LogP contribution in [0.2, 0.25) is 10.0 Å². The fourth-order valence-corrected chi connectivity index (χ4v) is 11.1. The standard InChI is InChI=1S/C59H52Cl2F2N12O6/c1-8-47(77)70-20-22-72(33(5)29-70)54-39-27-42(61)52(49-44(63)10-9-11-46(49)76)67-56(39)74(58(79)68-54)45-16-12-35(24-36(45)28-64)13-17-48(78)71-21-23-73(34(6)30-71)55-40-26-41(60)51(38-25-37(81-7)14-15-43(38)62)66-57(40)75(59(80)69-55)53-32(4)18-19-65-50(53)31(2)3/h8-19,24-27,31,33-34,76H,1,20-23,29-30H2,2-7H3/b17-13-/t33-,34-/m0/s1. The lowest BCUT2D eigenvalue weighted by Gasteiger charge is -2.40. The fourth-order valence-electron chi connectivity index (χ4n) is 10.6. The van der Waals surface area contributed by atoms with E-state index in [-0.39, 0.29) is 129 Å². The summed E-state index contributed by atoms with van der Waals surface area (Å²) in [6, 6.07) is 18.8. The molecule has 7 heterocycles. The van der Waals surface area contributed by atoms with Crippen LogP contribution < -0.4 is 25.9 Å². The number of pyridine rings is 3. The topological polar surface area (TPSA) is 209 Å². The SMILES string of the molecule is C=CC(=O)N1CCN(c2nc(=O)n(-c3ccc(/C=C\C(=O)N4CCN(c5nc(=O)n(-c6c(C)ccnc6C(C)C)c6nc(-c7cc(OC)ccc7F)c(Cl)cc56)[C@@H](C)C4)cc3C#N)c3nc(-c4c(O)cccc4F)c(Cl)cc23)[C@@H](C)C1. The van der Waals surface area contributed by atoms with E-state index in [0.29, 0.717) is 34.6 Å². The number of phenolic OH excluding ortho intramolecular Hbond substituents is 1. The molecule has 81 heavy (non-hydrogen) atoms. The highest BCUT2D eigenvalue weighted by atomic mass is 35.5. The molecule has 22 heteroatoms. The number of carbonyl (C=O) groups excluding carboxylic acids is 2. The number of phenols is 1. The second-order valence-electron chi connectivity index (χ2n) is 20.1. The molecule has 0 saturated carbocycles. The number of rotatable bonds is 11. The molecule has 2 amide bonds. The minimum absolute atomic E-state index is 0.00199. The Labute approximate surface area is 473 Å². The van der Waals surface area contributed by atoms with Gasteiger partial charge < -0.3 is 29.4 Å². The van der Waals surface area contributed by atoms with Gasteiger partial charge in [-0.25, -0.2) is 37.5 Å². The normalized spacial score (nSPS) is 15.7. The van der Waals surface area contributed by atoms with Gasteiger partial charge in [-0.15, -0.1) is 0 Å². The molecule has 2 fully saturated rings. The van der Waals surface area contributed by atoms with E-state index < -0.39 is 34.8 Å². The smallest absolute Gasteiger partial charge is 0.355 e. The van der Waals surface area contributed by atoms with Crippen molar-refractivity contribution in [1.29, 1.82) is 5.26 Å². The largest absolute Gasteiger partial charge is 0.507 e. The first-order valence-electron chi connectivity index (χ1n) is 25.8. The number of piperazine rings is 2. The molecular formula is C59H52Cl2F2N12O6. The Hall–Kier alpha value is -9.06. The number of nitrogens with zero attached hydrogens (tertiary/aromatic N) is 12. The van der Waals surface area contributed by atoms with E-state index >= 15 is 8.78 Å². The maximum absolute atomic E-state index is 15.6. The lowest BCUT2D eigenvalue weighted by atomic mass is 10.0. The van der Waals surface area contributed by atoms with Gasteiger partial charge >= 0.3 is 11.4 Å².